The van der Waals surface area contributed by atoms with Gasteiger partial charge in [0.2, 0.25) is 0 Å². The summed E-state index contributed by atoms with van der Waals surface area (Å²) in [5.41, 5.74) is 0.741. The smallest absolute Gasteiger partial charge is 0.340 e. The molecule has 3 aromatic carbocycles. The van der Waals surface area contributed by atoms with Crippen LogP contribution in [0.4, 0.5) is 5.69 Å². The van der Waals surface area contributed by atoms with Crippen LogP contribution in [0.3, 0.4) is 0 Å². The quantitative estimate of drug-likeness (QED) is 0.513. The van der Waals surface area contributed by atoms with Gasteiger partial charge in [-0.2, -0.15) is 0 Å². The van der Waals surface area contributed by atoms with Crippen LogP contribution in [0, 0.1) is 0 Å². The number of amides is 1. The molecule has 0 heterocycles. The molecule has 3 rings (SSSR count). The van der Waals surface area contributed by atoms with Crippen LogP contribution in [0.5, 0.6) is 11.5 Å². The summed E-state index contributed by atoms with van der Waals surface area (Å²) in [4.78, 5) is 25.4. The molecule has 1 amide bonds. The Morgan fingerprint density at radius 3 is 2.19 bits per heavy atom. The van der Waals surface area contributed by atoms with Gasteiger partial charge in [0, 0.05) is 11.4 Å². The van der Waals surface area contributed by atoms with E-state index in [1.54, 1.807) is 55.5 Å². The van der Waals surface area contributed by atoms with Crippen molar-refractivity contribution in [1.82, 2.24) is 0 Å². The number of rotatable bonds is 8. The summed E-state index contributed by atoms with van der Waals surface area (Å²) in [6, 6.07) is 22.8. The molecule has 0 aliphatic carbocycles. The van der Waals surface area contributed by atoms with E-state index < -0.39 is 28.8 Å². The summed E-state index contributed by atoms with van der Waals surface area (Å²) in [6.45, 7) is 3.25. The predicted octanol–water partition coefficient (Wildman–Crippen LogP) is 4.79. The molecular formula is C24H23NO5S. The van der Waals surface area contributed by atoms with Gasteiger partial charge in [0.25, 0.3) is 5.91 Å². The average Bonchev–Trinajstić information content (AvgIpc) is 2.80. The minimum absolute atomic E-state index is 0.199. The van der Waals surface area contributed by atoms with Gasteiger partial charge in [-0.1, -0.05) is 37.3 Å². The highest BCUT2D eigenvalue weighted by Crippen LogP contribution is 2.23. The van der Waals surface area contributed by atoms with Crippen molar-refractivity contribution in [2.45, 2.75) is 24.8 Å². The first-order chi connectivity index (χ1) is 15.0. The van der Waals surface area contributed by atoms with Crippen LogP contribution in [-0.4, -0.2) is 27.9 Å². The Bertz CT molecular complexity index is 1070. The van der Waals surface area contributed by atoms with E-state index in [0.29, 0.717) is 27.8 Å². The molecule has 0 spiro atoms. The summed E-state index contributed by atoms with van der Waals surface area (Å²) in [7, 11) is -1.31. The second kappa shape index (κ2) is 10.5. The highest BCUT2D eigenvalue weighted by molar-refractivity contribution is 7.85. The number of hydrogen-bond acceptors (Lipinski definition) is 5. The number of para-hydroxylation sites is 1. The van der Waals surface area contributed by atoms with Crippen molar-refractivity contribution in [3.8, 4) is 11.5 Å². The Kier molecular flexibility index (Phi) is 7.56. The second-order valence-electron chi connectivity index (χ2n) is 6.61. The Labute approximate surface area is 183 Å². The Morgan fingerprint density at radius 2 is 1.52 bits per heavy atom. The van der Waals surface area contributed by atoms with Crippen LogP contribution in [0.15, 0.2) is 83.8 Å². The summed E-state index contributed by atoms with van der Waals surface area (Å²) >= 11 is 0. The lowest BCUT2D eigenvalue weighted by Crippen LogP contribution is -2.30. The van der Waals surface area contributed by atoms with Gasteiger partial charge in [-0.3, -0.25) is 9.00 Å². The maximum Gasteiger partial charge on any atom is 0.340 e. The van der Waals surface area contributed by atoms with Crippen molar-refractivity contribution in [3.63, 3.8) is 0 Å². The van der Waals surface area contributed by atoms with Crippen molar-refractivity contribution in [2.24, 2.45) is 0 Å². The average molecular weight is 438 g/mol. The van der Waals surface area contributed by atoms with E-state index in [1.165, 1.54) is 6.92 Å². The number of nitrogens with one attached hydrogen (secondary N) is 1. The molecule has 160 valence electrons. The standard InChI is InChI=1S/C24H23NO5S/c1-3-31(28)22-12-8-7-11-21(22)24(27)29-17(2)23(26)25-18-13-15-20(16-14-18)30-19-9-5-4-6-10-19/h4-17H,3H2,1-2H3,(H,25,26)/t17-,31+/m0/s1. The topological polar surface area (TPSA) is 81.7 Å². The monoisotopic (exact) mass is 437 g/mol. The molecule has 0 bridgehead atoms. The number of ether oxygens (including phenoxy) is 2. The molecule has 0 saturated carbocycles. The maximum atomic E-state index is 12.5. The lowest BCUT2D eigenvalue weighted by Gasteiger charge is -2.15. The van der Waals surface area contributed by atoms with E-state index in [2.05, 4.69) is 5.32 Å². The minimum atomic E-state index is -1.31. The molecule has 0 saturated heterocycles. The third-order valence-electron chi connectivity index (χ3n) is 4.37. The minimum Gasteiger partial charge on any atom is -0.457 e. The van der Waals surface area contributed by atoms with E-state index in [0.717, 1.165) is 0 Å². The van der Waals surface area contributed by atoms with Crippen LogP contribution in [0.2, 0.25) is 0 Å². The van der Waals surface area contributed by atoms with Crippen LogP contribution in [0.1, 0.15) is 24.2 Å². The first-order valence-corrected chi connectivity index (χ1v) is 11.1. The zero-order chi connectivity index (χ0) is 22.2. The maximum absolute atomic E-state index is 12.5. The summed E-state index contributed by atoms with van der Waals surface area (Å²) in [6.07, 6.45) is -1.03. The van der Waals surface area contributed by atoms with Crippen LogP contribution in [-0.2, 0) is 20.3 Å². The Hall–Kier alpha value is -3.45. The van der Waals surface area contributed by atoms with Crippen molar-refractivity contribution in [3.05, 3.63) is 84.4 Å². The van der Waals surface area contributed by atoms with Crippen molar-refractivity contribution >= 4 is 28.4 Å². The molecule has 7 heteroatoms. The van der Waals surface area contributed by atoms with Crippen molar-refractivity contribution in [1.29, 1.82) is 0 Å². The third-order valence-corrected chi connectivity index (χ3v) is 5.74. The molecule has 0 aliphatic rings. The number of carbonyl (C=O) groups is 2. The highest BCUT2D eigenvalue weighted by atomic mass is 32.2. The molecule has 0 radical (unpaired) electrons. The van der Waals surface area contributed by atoms with Gasteiger partial charge < -0.3 is 14.8 Å². The second-order valence-corrected chi connectivity index (χ2v) is 8.31. The molecule has 0 fully saturated rings. The molecule has 6 nitrogen and oxygen atoms in total. The van der Waals surface area contributed by atoms with Gasteiger partial charge in [-0.15, -0.1) is 0 Å². The summed E-state index contributed by atoms with van der Waals surface area (Å²) < 4.78 is 23.2. The third kappa shape index (κ3) is 6.02. The molecule has 0 aliphatic heterocycles. The molecule has 3 aromatic rings. The van der Waals surface area contributed by atoms with Crippen molar-refractivity contribution in [2.75, 3.05) is 11.1 Å². The first kappa shape index (κ1) is 22.2. The van der Waals surface area contributed by atoms with Gasteiger partial charge in [-0.05, 0) is 55.5 Å². The summed E-state index contributed by atoms with van der Waals surface area (Å²) in [5, 5.41) is 2.71. The molecular weight excluding hydrogens is 414 g/mol. The zero-order valence-electron chi connectivity index (χ0n) is 17.2. The fourth-order valence-corrected chi connectivity index (χ4v) is 3.68. The summed E-state index contributed by atoms with van der Waals surface area (Å²) in [5.74, 6) is 0.559. The Balaban J connectivity index is 1.59. The van der Waals surface area contributed by atoms with Crippen molar-refractivity contribution < 1.29 is 23.3 Å². The molecule has 2 atom stereocenters. The lowest BCUT2D eigenvalue weighted by atomic mass is 10.2. The van der Waals surface area contributed by atoms with Crippen LogP contribution < -0.4 is 10.1 Å². The number of hydrogen-bond donors (Lipinski definition) is 1. The van der Waals surface area contributed by atoms with E-state index in [-0.39, 0.29) is 5.56 Å². The fourth-order valence-electron chi connectivity index (χ4n) is 2.74. The fraction of sp³-hybridized carbons (Fsp3) is 0.167. The molecule has 0 aromatic heterocycles. The van der Waals surface area contributed by atoms with E-state index in [4.69, 9.17) is 9.47 Å². The molecule has 0 unspecified atom stereocenters. The lowest BCUT2D eigenvalue weighted by molar-refractivity contribution is -0.123. The highest BCUT2D eigenvalue weighted by Gasteiger charge is 2.22. The number of esters is 1. The van der Waals surface area contributed by atoms with E-state index >= 15 is 0 Å². The molecule has 1 N–H and O–H groups in total. The van der Waals surface area contributed by atoms with Gasteiger partial charge >= 0.3 is 5.97 Å². The zero-order valence-corrected chi connectivity index (χ0v) is 18.1. The van der Waals surface area contributed by atoms with E-state index in [1.807, 2.05) is 30.3 Å². The molecule has 31 heavy (non-hydrogen) atoms. The SMILES string of the molecule is CC[S@@](=O)c1ccccc1C(=O)O[C@@H](C)C(=O)Nc1ccc(Oc2ccccc2)cc1. The largest absolute Gasteiger partial charge is 0.457 e. The van der Waals surface area contributed by atoms with Gasteiger partial charge in [-0.25, -0.2) is 4.79 Å². The number of benzene rings is 3. The Morgan fingerprint density at radius 1 is 0.903 bits per heavy atom. The van der Waals surface area contributed by atoms with Crippen LogP contribution in [0.25, 0.3) is 0 Å². The van der Waals surface area contributed by atoms with Gasteiger partial charge in [0.15, 0.2) is 6.10 Å². The predicted molar refractivity (Wildman–Crippen MR) is 120 cm³/mol. The number of anilines is 1. The van der Waals surface area contributed by atoms with Crippen LogP contribution >= 0.6 is 0 Å². The van der Waals surface area contributed by atoms with E-state index in [9.17, 15) is 13.8 Å². The normalized spacial score (nSPS) is 12.5. The van der Waals surface area contributed by atoms with Gasteiger partial charge in [0.1, 0.15) is 11.5 Å². The number of carbonyl (C=O) groups excluding carboxylic acids is 2. The first-order valence-electron chi connectivity index (χ1n) is 9.80. The van der Waals surface area contributed by atoms with Gasteiger partial charge in [0.05, 0.1) is 21.3 Å².